The van der Waals surface area contributed by atoms with Gasteiger partial charge in [0.2, 0.25) is 0 Å². The molecule has 1 unspecified atom stereocenters. The lowest BCUT2D eigenvalue weighted by atomic mass is 9.54. The number of likely N-dealkylation sites (N-methyl/N-ethyl adjacent to an activating group) is 1. The van der Waals surface area contributed by atoms with Crippen LogP contribution in [0.5, 0.6) is 0 Å². The van der Waals surface area contributed by atoms with Crippen molar-refractivity contribution in [1.29, 1.82) is 21.2 Å². The van der Waals surface area contributed by atoms with Crippen molar-refractivity contribution in [2.75, 3.05) is 20.1 Å². The van der Waals surface area contributed by atoms with E-state index in [0.717, 1.165) is 5.57 Å². The highest BCUT2D eigenvalue weighted by Gasteiger charge is 2.57. The van der Waals surface area contributed by atoms with Crippen molar-refractivity contribution in [3.63, 3.8) is 0 Å². The first-order valence-electron chi connectivity index (χ1n) is 8.33. The molecule has 2 aliphatic rings. The molecule has 1 saturated carbocycles. The number of hydrogen-bond donors (Lipinski definition) is 1. The fourth-order valence-corrected chi connectivity index (χ4v) is 4.13. The van der Waals surface area contributed by atoms with Crippen molar-refractivity contribution in [3.8, 4) is 18.2 Å². The molecule has 8 nitrogen and oxygen atoms in total. The fourth-order valence-electron chi connectivity index (χ4n) is 4.13. The van der Waals surface area contributed by atoms with Gasteiger partial charge in [0.05, 0.1) is 28.8 Å². The van der Waals surface area contributed by atoms with Crippen molar-refractivity contribution >= 4 is 11.4 Å². The van der Waals surface area contributed by atoms with Crippen LogP contribution in [0.2, 0.25) is 0 Å². The van der Waals surface area contributed by atoms with Crippen LogP contribution in [0.15, 0.2) is 35.9 Å². The highest BCUT2D eigenvalue weighted by Crippen LogP contribution is 2.53. The smallest absolute Gasteiger partial charge is 0.269 e. The third-order valence-corrected chi connectivity index (χ3v) is 5.44. The Labute approximate surface area is 156 Å². The van der Waals surface area contributed by atoms with Crippen LogP contribution < -0.4 is 0 Å². The van der Waals surface area contributed by atoms with Gasteiger partial charge in [-0.3, -0.25) is 10.1 Å². The minimum Gasteiger partial charge on any atom is -0.305 e. The maximum atomic E-state index is 10.9. The molecular formula is C19H16N6O2. The third-order valence-electron chi connectivity index (χ3n) is 5.44. The van der Waals surface area contributed by atoms with Gasteiger partial charge in [-0.05, 0) is 18.2 Å². The van der Waals surface area contributed by atoms with E-state index in [2.05, 4.69) is 6.07 Å². The summed E-state index contributed by atoms with van der Waals surface area (Å²) in [4.78, 5) is 12.5. The predicted octanol–water partition coefficient (Wildman–Crippen LogP) is 2.37. The van der Waals surface area contributed by atoms with Crippen LogP contribution in [0.1, 0.15) is 11.5 Å². The van der Waals surface area contributed by atoms with E-state index in [-0.39, 0.29) is 17.3 Å². The molecule has 1 heterocycles. The summed E-state index contributed by atoms with van der Waals surface area (Å²) in [6.07, 6.45) is 1.90. The molecule has 1 fully saturated rings. The van der Waals surface area contributed by atoms with E-state index in [0.29, 0.717) is 18.7 Å². The molecule has 0 saturated heterocycles. The summed E-state index contributed by atoms with van der Waals surface area (Å²) in [7, 11) is 1.90. The number of benzene rings is 1. The molecule has 0 radical (unpaired) electrons. The second-order valence-corrected chi connectivity index (χ2v) is 6.87. The van der Waals surface area contributed by atoms with Gasteiger partial charge in [-0.25, -0.2) is 0 Å². The molecule has 0 spiro atoms. The number of nitrogens with one attached hydrogen (secondary N) is 1. The number of non-ortho nitro benzene ring substituents is 1. The highest BCUT2D eigenvalue weighted by molar-refractivity contribution is 6.00. The average molecular weight is 360 g/mol. The molecule has 3 atom stereocenters. The third kappa shape index (κ3) is 2.66. The van der Waals surface area contributed by atoms with Crippen molar-refractivity contribution in [1.82, 2.24) is 4.90 Å². The molecule has 134 valence electrons. The van der Waals surface area contributed by atoms with Crippen molar-refractivity contribution < 1.29 is 4.92 Å². The number of nitro benzene ring substituents is 1. The van der Waals surface area contributed by atoms with Gasteiger partial charge < -0.3 is 10.3 Å². The van der Waals surface area contributed by atoms with Crippen LogP contribution in [0.25, 0.3) is 0 Å². The Bertz CT molecular complexity index is 946. The van der Waals surface area contributed by atoms with Gasteiger partial charge in [-0.2, -0.15) is 15.8 Å². The van der Waals surface area contributed by atoms with Gasteiger partial charge >= 0.3 is 0 Å². The minimum absolute atomic E-state index is 0.0874. The van der Waals surface area contributed by atoms with Gasteiger partial charge in [0, 0.05) is 37.1 Å². The monoisotopic (exact) mass is 360 g/mol. The maximum absolute atomic E-state index is 10.9. The molecule has 8 heteroatoms. The minimum atomic E-state index is -1.79. The van der Waals surface area contributed by atoms with Gasteiger partial charge in [0.25, 0.3) is 5.69 Å². The zero-order valence-electron chi connectivity index (χ0n) is 14.6. The first kappa shape index (κ1) is 18.3. The van der Waals surface area contributed by atoms with Crippen LogP contribution in [-0.2, 0) is 0 Å². The summed E-state index contributed by atoms with van der Waals surface area (Å²) in [6.45, 7) is 1.15. The Kier molecular flexibility index (Phi) is 4.49. The SMILES string of the molecule is CN1CC=C2C(C#N)C(=N)C(C#N)(C#N)[C@@H](c3ccc([N+](=O)[O-])cc3)[C@H]2C1. The second kappa shape index (κ2) is 6.64. The molecular weight excluding hydrogens is 344 g/mol. The molecule has 1 N–H and O–H groups in total. The Hall–Kier alpha value is -3.54. The Balaban J connectivity index is 2.22. The molecule has 0 bridgehead atoms. The number of nitriles is 3. The number of nitro groups is 1. The fraction of sp³-hybridized carbons (Fsp3) is 0.368. The van der Waals surface area contributed by atoms with E-state index >= 15 is 0 Å². The number of rotatable bonds is 2. The van der Waals surface area contributed by atoms with Gasteiger partial charge in [0.1, 0.15) is 5.92 Å². The van der Waals surface area contributed by atoms with Crippen molar-refractivity contribution in [2.45, 2.75) is 5.92 Å². The summed E-state index contributed by atoms with van der Waals surface area (Å²) in [5.74, 6) is -1.89. The molecule has 0 amide bonds. The van der Waals surface area contributed by atoms with Gasteiger partial charge in [-0.15, -0.1) is 0 Å². The summed E-state index contributed by atoms with van der Waals surface area (Å²) < 4.78 is 0. The van der Waals surface area contributed by atoms with E-state index in [1.54, 1.807) is 12.1 Å². The van der Waals surface area contributed by atoms with E-state index in [4.69, 9.17) is 5.41 Å². The van der Waals surface area contributed by atoms with Crippen molar-refractivity contribution in [2.24, 2.45) is 17.3 Å². The molecule has 27 heavy (non-hydrogen) atoms. The summed E-state index contributed by atoms with van der Waals surface area (Å²) in [6, 6.07) is 11.8. The zero-order chi connectivity index (χ0) is 19.8. The topological polar surface area (TPSA) is 142 Å². The highest BCUT2D eigenvalue weighted by atomic mass is 16.6. The average Bonchev–Trinajstić information content (AvgIpc) is 2.67. The lowest BCUT2D eigenvalue weighted by molar-refractivity contribution is -0.384. The second-order valence-electron chi connectivity index (χ2n) is 6.87. The van der Waals surface area contributed by atoms with Crippen molar-refractivity contribution in [3.05, 3.63) is 51.6 Å². The zero-order valence-corrected chi connectivity index (χ0v) is 14.6. The largest absolute Gasteiger partial charge is 0.305 e. The van der Waals surface area contributed by atoms with Crippen LogP contribution >= 0.6 is 0 Å². The first-order valence-corrected chi connectivity index (χ1v) is 8.33. The quantitative estimate of drug-likeness (QED) is 0.487. The van der Waals surface area contributed by atoms with E-state index in [9.17, 15) is 25.9 Å². The predicted molar refractivity (Wildman–Crippen MR) is 95.4 cm³/mol. The van der Waals surface area contributed by atoms with Gasteiger partial charge in [0.15, 0.2) is 5.41 Å². The van der Waals surface area contributed by atoms with E-state index in [1.807, 2.05) is 30.2 Å². The van der Waals surface area contributed by atoms with Crippen LogP contribution in [0.4, 0.5) is 5.69 Å². The molecule has 1 aliphatic heterocycles. The molecule has 1 aromatic carbocycles. The Morgan fingerprint density at radius 2 is 1.89 bits per heavy atom. The Morgan fingerprint density at radius 3 is 2.41 bits per heavy atom. The lowest BCUT2D eigenvalue weighted by Crippen LogP contribution is -2.52. The molecule has 1 aliphatic carbocycles. The molecule has 0 aromatic heterocycles. The van der Waals surface area contributed by atoms with Crippen LogP contribution in [-0.4, -0.2) is 35.7 Å². The molecule has 1 aromatic rings. The Morgan fingerprint density at radius 1 is 1.26 bits per heavy atom. The first-order chi connectivity index (χ1) is 12.9. The maximum Gasteiger partial charge on any atom is 0.269 e. The summed E-state index contributed by atoms with van der Waals surface area (Å²) in [5, 5.41) is 48.8. The summed E-state index contributed by atoms with van der Waals surface area (Å²) >= 11 is 0. The summed E-state index contributed by atoms with van der Waals surface area (Å²) in [5.41, 5.74) is -0.765. The molecule has 3 rings (SSSR count). The lowest BCUT2D eigenvalue weighted by Gasteiger charge is -2.47. The number of fused-ring (bicyclic) bond motifs is 1. The normalized spacial score (nSPS) is 26.7. The number of hydrogen-bond acceptors (Lipinski definition) is 7. The van der Waals surface area contributed by atoms with Gasteiger partial charge in [-0.1, -0.05) is 18.2 Å². The standard InChI is InChI=1S/C19H16N6O2/c1-24-7-6-14-15(8-20)18(23)19(10-21,11-22)17(16(14)9-24)12-2-4-13(5-3-12)25(26)27/h2-6,15-17,23H,7,9H2,1H3/t15?,16-,17-/m0/s1. The van der Waals surface area contributed by atoms with E-state index in [1.165, 1.54) is 12.1 Å². The number of nitrogens with zero attached hydrogens (tertiary/aromatic N) is 5. The van der Waals surface area contributed by atoms with E-state index < -0.39 is 22.2 Å². The van der Waals surface area contributed by atoms with Crippen LogP contribution in [0.3, 0.4) is 0 Å². The van der Waals surface area contributed by atoms with Crippen LogP contribution in [0, 0.1) is 66.8 Å².